The summed E-state index contributed by atoms with van der Waals surface area (Å²) in [6.45, 7) is 0.403. The normalized spacial score (nSPS) is 10.1. The number of hydrogen-bond donors (Lipinski definition) is 2. The molecule has 0 bridgehead atoms. The Kier molecular flexibility index (Phi) is 4.98. The van der Waals surface area contributed by atoms with Crippen LogP contribution < -0.4 is 15.8 Å². The molecule has 0 spiro atoms. The van der Waals surface area contributed by atoms with Gasteiger partial charge in [-0.05, 0) is 29.8 Å². The van der Waals surface area contributed by atoms with Gasteiger partial charge in [-0.1, -0.05) is 35.9 Å². The van der Waals surface area contributed by atoms with Crippen LogP contribution in [-0.2, 0) is 11.3 Å². The number of nitrogens with two attached hydrogens (primary N) is 1. The Bertz CT molecular complexity index is 585. The van der Waals surface area contributed by atoms with E-state index in [1.807, 2.05) is 12.1 Å². The Hall–Kier alpha value is -2.04. The molecule has 4 nitrogen and oxygen atoms in total. The number of para-hydroxylation sites is 1. The maximum Gasteiger partial charge on any atom is 0.262 e. The third-order valence-corrected chi connectivity index (χ3v) is 3.01. The van der Waals surface area contributed by atoms with E-state index in [0.717, 1.165) is 5.56 Å². The van der Waals surface area contributed by atoms with Crippen LogP contribution in [0.5, 0.6) is 5.75 Å². The van der Waals surface area contributed by atoms with Crippen LogP contribution in [0, 0.1) is 0 Å². The lowest BCUT2D eigenvalue weighted by Gasteiger charge is -2.09. The van der Waals surface area contributed by atoms with Crippen molar-refractivity contribution in [2.45, 2.75) is 6.54 Å². The number of halogens is 1. The zero-order valence-electron chi connectivity index (χ0n) is 10.8. The van der Waals surface area contributed by atoms with Gasteiger partial charge in [0.2, 0.25) is 0 Å². The Balaban J connectivity index is 1.87. The summed E-state index contributed by atoms with van der Waals surface area (Å²) in [5.74, 6) is 0.359. The lowest BCUT2D eigenvalue weighted by Crippen LogP contribution is -2.20. The molecule has 1 amide bonds. The van der Waals surface area contributed by atoms with Gasteiger partial charge in [0.05, 0.1) is 10.7 Å². The molecule has 2 aromatic rings. The van der Waals surface area contributed by atoms with Gasteiger partial charge in [-0.25, -0.2) is 0 Å². The largest absolute Gasteiger partial charge is 0.484 e. The predicted octanol–water partition coefficient (Wildman–Crippen LogP) is 2.82. The third-order valence-electron chi connectivity index (χ3n) is 2.68. The minimum Gasteiger partial charge on any atom is -0.484 e. The fourth-order valence-corrected chi connectivity index (χ4v) is 1.80. The number of benzene rings is 2. The highest BCUT2D eigenvalue weighted by molar-refractivity contribution is 6.33. The standard InChI is InChI=1S/C15H15ClN2O2/c16-13-3-1-2-4-14(13)18-15(19)10-20-12-7-5-11(9-17)6-8-12/h1-8H,9-10,17H2,(H,18,19). The maximum atomic E-state index is 11.7. The van der Waals surface area contributed by atoms with Crippen molar-refractivity contribution in [1.82, 2.24) is 0 Å². The lowest BCUT2D eigenvalue weighted by molar-refractivity contribution is -0.118. The monoisotopic (exact) mass is 290 g/mol. The molecular weight excluding hydrogens is 276 g/mol. The van der Waals surface area contributed by atoms with Crippen molar-refractivity contribution < 1.29 is 9.53 Å². The van der Waals surface area contributed by atoms with E-state index in [-0.39, 0.29) is 12.5 Å². The quantitative estimate of drug-likeness (QED) is 0.890. The molecule has 2 aromatic carbocycles. The summed E-state index contributed by atoms with van der Waals surface area (Å²) >= 11 is 5.95. The van der Waals surface area contributed by atoms with Crippen molar-refractivity contribution in [3.05, 3.63) is 59.1 Å². The summed E-state index contributed by atoms with van der Waals surface area (Å²) in [4.78, 5) is 11.7. The van der Waals surface area contributed by atoms with Gasteiger partial charge in [0.1, 0.15) is 5.75 Å². The highest BCUT2D eigenvalue weighted by atomic mass is 35.5. The molecule has 0 aromatic heterocycles. The van der Waals surface area contributed by atoms with E-state index >= 15 is 0 Å². The van der Waals surface area contributed by atoms with Gasteiger partial charge in [-0.3, -0.25) is 4.79 Å². The second kappa shape index (κ2) is 6.93. The van der Waals surface area contributed by atoms with Crippen molar-refractivity contribution in [1.29, 1.82) is 0 Å². The summed E-state index contributed by atoms with van der Waals surface area (Å²) in [5.41, 5.74) is 7.09. The number of ether oxygens (including phenoxy) is 1. The second-order valence-corrected chi connectivity index (χ2v) is 4.57. The maximum absolute atomic E-state index is 11.7. The van der Waals surface area contributed by atoms with Crippen LogP contribution in [0.2, 0.25) is 5.02 Å². The first-order chi connectivity index (χ1) is 9.69. The van der Waals surface area contributed by atoms with E-state index in [9.17, 15) is 4.79 Å². The van der Waals surface area contributed by atoms with Gasteiger partial charge in [0.25, 0.3) is 5.91 Å². The predicted molar refractivity (Wildman–Crippen MR) is 79.9 cm³/mol. The SMILES string of the molecule is NCc1ccc(OCC(=O)Nc2ccccc2Cl)cc1. The van der Waals surface area contributed by atoms with Gasteiger partial charge in [0, 0.05) is 6.54 Å². The van der Waals surface area contributed by atoms with Crippen LogP contribution in [0.15, 0.2) is 48.5 Å². The topological polar surface area (TPSA) is 64.3 Å². The summed E-state index contributed by atoms with van der Waals surface area (Å²) in [7, 11) is 0. The fourth-order valence-electron chi connectivity index (χ4n) is 1.62. The molecule has 5 heteroatoms. The molecule has 2 rings (SSSR count). The number of anilines is 1. The van der Waals surface area contributed by atoms with E-state index in [4.69, 9.17) is 22.1 Å². The fraction of sp³-hybridized carbons (Fsp3) is 0.133. The molecule has 0 unspecified atom stereocenters. The molecule has 0 saturated heterocycles. The Morgan fingerprint density at radius 1 is 1.15 bits per heavy atom. The molecule has 0 heterocycles. The van der Waals surface area contributed by atoms with E-state index < -0.39 is 0 Å². The molecule has 0 fully saturated rings. The number of carbonyl (C=O) groups excluding carboxylic acids is 1. The molecule has 0 atom stereocenters. The van der Waals surface area contributed by atoms with Crippen molar-refractivity contribution in [2.75, 3.05) is 11.9 Å². The van der Waals surface area contributed by atoms with E-state index in [2.05, 4.69) is 5.32 Å². The zero-order valence-corrected chi connectivity index (χ0v) is 11.6. The minimum absolute atomic E-state index is 0.0762. The molecule has 20 heavy (non-hydrogen) atoms. The number of hydrogen-bond acceptors (Lipinski definition) is 3. The van der Waals surface area contributed by atoms with Crippen LogP contribution in [0.1, 0.15) is 5.56 Å². The first-order valence-corrected chi connectivity index (χ1v) is 6.53. The molecule has 0 aliphatic heterocycles. The van der Waals surface area contributed by atoms with Crippen molar-refractivity contribution in [2.24, 2.45) is 5.73 Å². The number of amides is 1. The van der Waals surface area contributed by atoms with Gasteiger partial charge in [-0.15, -0.1) is 0 Å². The Morgan fingerprint density at radius 3 is 2.50 bits per heavy atom. The van der Waals surface area contributed by atoms with Crippen LogP contribution in [0.25, 0.3) is 0 Å². The highest BCUT2D eigenvalue weighted by Gasteiger charge is 2.06. The van der Waals surface area contributed by atoms with Gasteiger partial charge in [0.15, 0.2) is 6.61 Å². The van der Waals surface area contributed by atoms with Gasteiger partial charge >= 0.3 is 0 Å². The van der Waals surface area contributed by atoms with Crippen LogP contribution in [0.4, 0.5) is 5.69 Å². The molecular formula is C15H15ClN2O2. The molecule has 0 aliphatic rings. The van der Waals surface area contributed by atoms with Crippen LogP contribution in [0.3, 0.4) is 0 Å². The number of nitrogens with one attached hydrogen (secondary N) is 1. The third kappa shape index (κ3) is 3.98. The van der Waals surface area contributed by atoms with E-state index in [0.29, 0.717) is 23.0 Å². The summed E-state index contributed by atoms with van der Waals surface area (Å²) in [5, 5.41) is 3.18. The summed E-state index contributed by atoms with van der Waals surface area (Å²) < 4.78 is 5.38. The van der Waals surface area contributed by atoms with Crippen molar-refractivity contribution in [3.8, 4) is 5.75 Å². The van der Waals surface area contributed by atoms with Gasteiger partial charge in [-0.2, -0.15) is 0 Å². The smallest absolute Gasteiger partial charge is 0.262 e. The summed E-state index contributed by atoms with van der Waals surface area (Å²) in [6, 6.07) is 14.3. The van der Waals surface area contributed by atoms with Crippen LogP contribution >= 0.6 is 11.6 Å². The van der Waals surface area contributed by atoms with Crippen LogP contribution in [-0.4, -0.2) is 12.5 Å². The zero-order chi connectivity index (χ0) is 14.4. The lowest BCUT2D eigenvalue weighted by atomic mass is 10.2. The average Bonchev–Trinajstić information content (AvgIpc) is 2.48. The average molecular weight is 291 g/mol. The Morgan fingerprint density at radius 2 is 1.85 bits per heavy atom. The molecule has 0 saturated carbocycles. The van der Waals surface area contributed by atoms with E-state index in [1.54, 1.807) is 36.4 Å². The first-order valence-electron chi connectivity index (χ1n) is 6.15. The first kappa shape index (κ1) is 14.4. The molecule has 0 radical (unpaired) electrons. The molecule has 0 aliphatic carbocycles. The van der Waals surface area contributed by atoms with Crippen molar-refractivity contribution >= 4 is 23.2 Å². The number of carbonyl (C=O) groups is 1. The highest BCUT2D eigenvalue weighted by Crippen LogP contribution is 2.20. The molecule has 104 valence electrons. The Labute approximate surface area is 122 Å². The molecule has 3 N–H and O–H groups in total. The van der Waals surface area contributed by atoms with E-state index in [1.165, 1.54) is 0 Å². The number of rotatable bonds is 5. The van der Waals surface area contributed by atoms with Gasteiger partial charge < -0.3 is 15.8 Å². The second-order valence-electron chi connectivity index (χ2n) is 4.16. The van der Waals surface area contributed by atoms with Crippen molar-refractivity contribution in [3.63, 3.8) is 0 Å². The summed E-state index contributed by atoms with van der Waals surface area (Å²) in [6.07, 6.45) is 0. The minimum atomic E-state index is -0.263.